The minimum atomic E-state index is -1.01. The number of carbonyl (C=O) groups is 3. The average Bonchev–Trinajstić information content (AvgIpc) is 3.03. The summed E-state index contributed by atoms with van der Waals surface area (Å²) in [6, 6.07) is 32.3. The number of carboxylic acids is 1. The van der Waals surface area contributed by atoms with Crippen molar-refractivity contribution in [2.45, 2.75) is 45.7 Å². The Balaban J connectivity index is 1.32. The first-order valence-corrected chi connectivity index (χ1v) is 15.0. The first-order chi connectivity index (χ1) is 21.3. The van der Waals surface area contributed by atoms with E-state index in [1.165, 1.54) is 0 Å². The van der Waals surface area contributed by atoms with Gasteiger partial charge in [-0.3, -0.25) is 9.59 Å². The standard InChI is InChI=1S/C37H40N2O5/c1-27(2)24-35(40)39(26-29-12-5-3-6-13-29)22-11-23-44-31-20-18-28(19-21-31)25-34(37(42)43)38-33-17-10-9-16-32(33)36(41)30-14-7-4-8-15-30/h3-10,12-21,27,34,38H,11,22-26H2,1-2H3,(H,42,43)/t34-/m0/s1. The summed E-state index contributed by atoms with van der Waals surface area (Å²) in [7, 11) is 0. The number of amides is 1. The van der Waals surface area contributed by atoms with E-state index in [9.17, 15) is 19.5 Å². The third-order valence-electron chi connectivity index (χ3n) is 7.19. The Hall–Kier alpha value is -4.91. The normalized spacial score (nSPS) is 11.5. The molecule has 0 aliphatic heterocycles. The predicted molar refractivity (Wildman–Crippen MR) is 173 cm³/mol. The number of carbonyl (C=O) groups excluding carboxylic acids is 2. The van der Waals surface area contributed by atoms with E-state index >= 15 is 0 Å². The molecule has 0 bridgehead atoms. The summed E-state index contributed by atoms with van der Waals surface area (Å²) in [4.78, 5) is 40.0. The second kappa shape index (κ2) is 16.1. The number of hydrogen-bond acceptors (Lipinski definition) is 5. The minimum Gasteiger partial charge on any atom is -0.494 e. The van der Waals surface area contributed by atoms with Gasteiger partial charge in [-0.05, 0) is 47.7 Å². The summed E-state index contributed by atoms with van der Waals surface area (Å²) in [5, 5.41) is 13.0. The molecular weight excluding hydrogens is 552 g/mol. The van der Waals surface area contributed by atoms with Gasteiger partial charge in [-0.15, -0.1) is 0 Å². The van der Waals surface area contributed by atoms with Crippen molar-refractivity contribution in [2.75, 3.05) is 18.5 Å². The highest BCUT2D eigenvalue weighted by Gasteiger charge is 2.21. The molecule has 44 heavy (non-hydrogen) atoms. The Morgan fingerprint density at radius 3 is 2.09 bits per heavy atom. The molecule has 0 aromatic heterocycles. The third kappa shape index (κ3) is 9.56. The molecule has 0 radical (unpaired) electrons. The lowest BCUT2D eigenvalue weighted by atomic mass is 10.00. The van der Waals surface area contributed by atoms with E-state index in [2.05, 4.69) is 5.32 Å². The van der Waals surface area contributed by atoms with Crippen molar-refractivity contribution >= 4 is 23.3 Å². The number of benzene rings is 4. The molecule has 0 aliphatic carbocycles. The van der Waals surface area contributed by atoms with E-state index in [1.54, 1.807) is 48.5 Å². The average molecular weight is 593 g/mol. The fourth-order valence-corrected chi connectivity index (χ4v) is 4.92. The third-order valence-corrected chi connectivity index (χ3v) is 7.19. The molecule has 0 saturated heterocycles. The van der Waals surface area contributed by atoms with Crippen LogP contribution in [0.1, 0.15) is 53.7 Å². The van der Waals surface area contributed by atoms with Crippen LogP contribution in [0.2, 0.25) is 0 Å². The molecular formula is C37H40N2O5. The Kier molecular flexibility index (Phi) is 11.7. The smallest absolute Gasteiger partial charge is 0.326 e. The van der Waals surface area contributed by atoms with Gasteiger partial charge in [0.15, 0.2) is 5.78 Å². The van der Waals surface area contributed by atoms with Crippen LogP contribution in [0.25, 0.3) is 0 Å². The molecule has 1 atom stereocenters. The van der Waals surface area contributed by atoms with Crippen LogP contribution in [-0.4, -0.2) is 46.9 Å². The van der Waals surface area contributed by atoms with Gasteiger partial charge in [-0.25, -0.2) is 4.79 Å². The molecule has 2 N–H and O–H groups in total. The zero-order valence-corrected chi connectivity index (χ0v) is 25.3. The first kappa shape index (κ1) is 32.0. The topological polar surface area (TPSA) is 95.9 Å². The van der Waals surface area contributed by atoms with Crippen LogP contribution in [0.3, 0.4) is 0 Å². The van der Waals surface area contributed by atoms with Gasteiger partial charge in [0.25, 0.3) is 0 Å². The van der Waals surface area contributed by atoms with E-state index in [4.69, 9.17) is 4.74 Å². The van der Waals surface area contributed by atoms with Gasteiger partial charge in [0.05, 0.1) is 6.61 Å². The molecule has 0 aliphatic rings. The summed E-state index contributed by atoms with van der Waals surface area (Å²) < 4.78 is 5.95. The molecule has 0 spiro atoms. The number of ketones is 1. The second-order valence-electron chi connectivity index (χ2n) is 11.2. The molecule has 228 valence electrons. The summed E-state index contributed by atoms with van der Waals surface area (Å²) >= 11 is 0. The number of rotatable bonds is 16. The fourth-order valence-electron chi connectivity index (χ4n) is 4.92. The Labute approximate surface area is 259 Å². The highest BCUT2D eigenvalue weighted by atomic mass is 16.5. The molecule has 0 heterocycles. The number of nitrogens with one attached hydrogen (secondary N) is 1. The van der Waals surface area contributed by atoms with Crippen molar-refractivity contribution in [3.63, 3.8) is 0 Å². The number of aliphatic carboxylic acids is 1. The summed E-state index contributed by atoms with van der Waals surface area (Å²) in [6.07, 6.45) is 1.41. The molecule has 7 nitrogen and oxygen atoms in total. The number of nitrogens with zero attached hydrogens (tertiary/aromatic N) is 1. The van der Waals surface area contributed by atoms with Gasteiger partial charge in [0.1, 0.15) is 11.8 Å². The van der Waals surface area contributed by atoms with E-state index < -0.39 is 12.0 Å². The Bertz CT molecular complexity index is 1500. The summed E-state index contributed by atoms with van der Waals surface area (Å²) in [5.41, 5.74) is 3.35. The molecule has 4 aromatic rings. The molecule has 4 rings (SSSR count). The van der Waals surface area contributed by atoms with Crippen LogP contribution in [0, 0.1) is 5.92 Å². The van der Waals surface area contributed by atoms with Crippen molar-refractivity contribution in [2.24, 2.45) is 5.92 Å². The van der Waals surface area contributed by atoms with Crippen molar-refractivity contribution in [1.29, 1.82) is 0 Å². The van der Waals surface area contributed by atoms with E-state index in [0.717, 1.165) is 11.1 Å². The molecule has 7 heteroatoms. The van der Waals surface area contributed by atoms with Crippen molar-refractivity contribution in [3.05, 3.63) is 131 Å². The fraction of sp³-hybridized carbons (Fsp3) is 0.270. The molecule has 0 saturated carbocycles. The van der Waals surface area contributed by atoms with Crippen LogP contribution in [-0.2, 0) is 22.6 Å². The number of ether oxygens (including phenoxy) is 1. The van der Waals surface area contributed by atoms with Gasteiger partial charge in [-0.1, -0.05) is 98.8 Å². The SMILES string of the molecule is CC(C)CC(=O)N(CCCOc1ccc(C[C@H](Nc2ccccc2C(=O)c2ccccc2)C(=O)O)cc1)Cc1ccccc1. The molecule has 0 unspecified atom stereocenters. The maximum absolute atomic E-state index is 13.1. The number of hydrogen-bond donors (Lipinski definition) is 2. The largest absolute Gasteiger partial charge is 0.494 e. The van der Waals surface area contributed by atoms with E-state index in [0.29, 0.717) is 55.1 Å². The van der Waals surface area contributed by atoms with Gasteiger partial charge in [0, 0.05) is 42.7 Å². The summed E-state index contributed by atoms with van der Waals surface area (Å²) in [5.74, 6) is -0.0819. The second-order valence-corrected chi connectivity index (χ2v) is 11.2. The number of para-hydroxylation sites is 1. The predicted octanol–water partition coefficient (Wildman–Crippen LogP) is 6.87. The van der Waals surface area contributed by atoms with Crippen LogP contribution < -0.4 is 10.1 Å². The summed E-state index contributed by atoms with van der Waals surface area (Å²) in [6.45, 7) is 5.71. The Morgan fingerprint density at radius 1 is 0.795 bits per heavy atom. The highest BCUT2D eigenvalue weighted by Crippen LogP contribution is 2.22. The number of anilines is 1. The van der Waals surface area contributed by atoms with Crippen molar-refractivity contribution in [3.8, 4) is 5.75 Å². The molecule has 1 amide bonds. The lowest BCUT2D eigenvalue weighted by molar-refractivity contribution is -0.138. The van der Waals surface area contributed by atoms with E-state index in [-0.39, 0.29) is 24.0 Å². The minimum absolute atomic E-state index is 0.141. The van der Waals surface area contributed by atoms with Crippen LogP contribution in [0.4, 0.5) is 5.69 Å². The molecule has 4 aromatic carbocycles. The lowest BCUT2D eigenvalue weighted by Crippen LogP contribution is -2.33. The zero-order valence-electron chi connectivity index (χ0n) is 25.3. The number of carboxylic acid groups (broad SMARTS) is 1. The zero-order chi connectivity index (χ0) is 31.3. The van der Waals surface area contributed by atoms with Gasteiger partial charge in [-0.2, -0.15) is 0 Å². The van der Waals surface area contributed by atoms with Crippen molar-refractivity contribution < 1.29 is 24.2 Å². The quantitative estimate of drug-likeness (QED) is 0.109. The maximum atomic E-state index is 13.1. The lowest BCUT2D eigenvalue weighted by Gasteiger charge is -2.24. The monoisotopic (exact) mass is 592 g/mol. The first-order valence-electron chi connectivity index (χ1n) is 15.0. The van der Waals surface area contributed by atoms with Crippen LogP contribution in [0.15, 0.2) is 109 Å². The van der Waals surface area contributed by atoms with Crippen LogP contribution in [0.5, 0.6) is 5.75 Å². The molecule has 0 fully saturated rings. The van der Waals surface area contributed by atoms with Gasteiger partial charge >= 0.3 is 5.97 Å². The van der Waals surface area contributed by atoms with Gasteiger partial charge < -0.3 is 20.1 Å². The Morgan fingerprint density at radius 2 is 1.43 bits per heavy atom. The van der Waals surface area contributed by atoms with Crippen molar-refractivity contribution in [1.82, 2.24) is 4.90 Å². The van der Waals surface area contributed by atoms with E-state index in [1.807, 2.05) is 79.4 Å². The maximum Gasteiger partial charge on any atom is 0.326 e. The van der Waals surface area contributed by atoms with Gasteiger partial charge in [0.2, 0.25) is 5.91 Å². The van der Waals surface area contributed by atoms with Crippen LogP contribution >= 0.6 is 0 Å². The highest BCUT2D eigenvalue weighted by molar-refractivity contribution is 6.12.